The predicted molar refractivity (Wildman–Crippen MR) is 74.7 cm³/mol. The molecule has 0 heterocycles. The normalized spacial score (nSPS) is 11.4. The van der Waals surface area contributed by atoms with E-state index in [1.165, 1.54) is 5.56 Å². The first-order valence-electron chi connectivity index (χ1n) is 6.61. The molecule has 0 atom stereocenters. The minimum Gasteiger partial charge on any atom is -0.383 e. The second-order valence-electron chi connectivity index (χ2n) is 4.71. The molecule has 0 saturated carbocycles. The van der Waals surface area contributed by atoms with Crippen LogP contribution in [0.5, 0.6) is 0 Å². The smallest absolute Gasteiger partial charge is 0.383 e. The van der Waals surface area contributed by atoms with Crippen molar-refractivity contribution in [2.75, 3.05) is 11.9 Å². The van der Waals surface area contributed by atoms with E-state index in [-0.39, 0.29) is 5.69 Å². The SMILES string of the molecule is Fc1cc(C(F)(F)F)ccc1NCCCc1ccccc1. The Morgan fingerprint density at radius 3 is 2.29 bits per heavy atom. The number of nitrogens with one attached hydrogen (secondary N) is 1. The number of hydrogen-bond donors (Lipinski definition) is 1. The van der Waals surface area contributed by atoms with E-state index in [2.05, 4.69) is 5.32 Å². The van der Waals surface area contributed by atoms with Crippen molar-refractivity contribution in [3.8, 4) is 0 Å². The zero-order valence-electron chi connectivity index (χ0n) is 11.3. The molecule has 0 bridgehead atoms. The molecule has 0 aromatic heterocycles. The molecule has 0 amide bonds. The highest BCUT2D eigenvalue weighted by atomic mass is 19.4. The van der Waals surface area contributed by atoms with Crippen LogP contribution in [0.15, 0.2) is 48.5 Å². The van der Waals surface area contributed by atoms with Crippen LogP contribution in [0.3, 0.4) is 0 Å². The molecule has 0 spiro atoms. The fourth-order valence-corrected chi connectivity index (χ4v) is 2.00. The summed E-state index contributed by atoms with van der Waals surface area (Å²) in [6.45, 7) is 0.497. The summed E-state index contributed by atoms with van der Waals surface area (Å²) in [5, 5.41) is 2.82. The van der Waals surface area contributed by atoms with Crippen LogP contribution < -0.4 is 5.32 Å². The highest BCUT2D eigenvalue weighted by Gasteiger charge is 2.31. The molecule has 0 aliphatic carbocycles. The zero-order chi connectivity index (χ0) is 15.3. The summed E-state index contributed by atoms with van der Waals surface area (Å²) >= 11 is 0. The predicted octanol–water partition coefficient (Wildman–Crippen LogP) is 4.89. The van der Waals surface area contributed by atoms with Crippen molar-refractivity contribution >= 4 is 5.69 Å². The van der Waals surface area contributed by atoms with Gasteiger partial charge in [0.1, 0.15) is 5.82 Å². The van der Waals surface area contributed by atoms with Crippen LogP contribution in [-0.2, 0) is 12.6 Å². The topological polar surface area (TPSA) is 12.0 Å². The van der Waals surface area contributed by atoms with Gasteiger partial charge in [-0.05, 0) is 36.6 Å². The minimum absolute atomic E-state index is 0.0936. The first kappa shape index (κ1) is 15.4. The van der Waals surface area contributed by atoms with Crippen molar-refractivity contribution in [2.24, 2.45) is 0 Å². The van der Waals surface area contributed by atoms with Crippen LogP contribution in [0.25, 0.3) is 0 Å². The lowest BCUT2D eigenvalue weighted by Crippen LogP contribution is -2.08. The highest BCUT2D eigenvalue weighted by molar-refractivity contribution is 5.46. The second-order valence-corrected chi connectivity index (χ2v) is 4.71. The van der Waals surface area contributed by atoms with Gasteiger partial charge in [-0.1, -0.05) is 30.3 Å². The minimum atomic E-state index is -4.52. The third-order valence-corrected chi connectivity index (χ3v) is 3.10. The van der Waals surface area contributed by atoms with Gasteiger partial charge in [-0.25, -0.2) is 4.39 Å². The van der Waals surface area contributed by atoms with Gasteiger partial charge in [0.2, 0.25) is 0 Å². The lowest BCUT2D eigenvalue weighted by Gasteiger charge is -2.11. The van der Waals surface area contributed by atoms with Crippen molar-refractivity contribution in [2.45, 2.75) is 19.0 Å². The number of aryl methyl sites for hydroxylation is 1. The van der Waals surface area contributed by atoms with Gasteiger partial charge in [0.15, 0.2) is 0 Å². The van der Waals surface area contributed by atoms with Crippen LogP contribution in [0, 0.1) is 5.82 Å². The van der Waals surface area contributed by atoms with Crippen molar-refractivity contribution in [1.82, 2.24) is 0 Å². The van der Waals surface area contributed by atoms with E-state index in [4.69, 9.17) is 0 Å². The van der Waals surface area contributed by atoms with Crippen LogP contribution in [0.2, 0.25) is 0 Å². The molecule has 0 aliphatic heterocycles. The molecule has 0 unspecified atom stereocenters. The number of alkyl halides is 3. The first-order chi connectivity index (χ1) is 9.97. The molecule has 1 N–H and O–H groups in total. The molecule has 5 heteroatoms. The number of hydrogen-bond acceptors (Lipinski definition) is 1. The molecular weight excluding hydrogens is 282 g/mol. The Morgan fingerprint density at radius 1 is 0.952 bits per heavy atom. The molecule has 0 fully saturated rings. The van der Waals surface area contributed by atoms with E-state index < -0.39 is 17.6 Å². The Balaban J connectivity index is 1.86. The van der Waals surface area contributed by atoms with Gasteiger partial charge in [0.25, 0.3) is 0 Å². The maximum Gasteiger partial charge on any atom is 0.416 e. The van der Waals surface area contributed by atoms with Gasteiger partial charge in [0, 0.05) is 6.54 Å². The summed E-state index contributed by atoms with van der Waals surface area (Å²) in [5.41, 5.74) is 0.290. The van der Waals surface area contributed by atoms with Crippen molar-refractivity contribution < 1.29 is 17.6 Å². The molecule has 2 rings (SSSR count). The van der Waals surface area contributed by atoms with Crippen molar-refractivity contribution in [3.05, 3.63) is 65.5 Å². The Kier molecular flexibility index (Phi) is 4.83. The van der Waals surface area contributed by atoms with E-state index in [9.17, 15) is 17.6 Å². The number of benzene rings is 2. The highest BCUT2D eigenvalue weighted by Crippen LogP contribution is 2.31. The van der Waals surface area contributed by atoms with Gasteiger partial charge < -0.3 is 5.32 Å². The van der Waals surface area contributed by atoms with Crippen LogP contribution in [-0.4, -0.2) is 6.54 Å². The zero-order valence-corrected chi connectivity index (χ0v) is 11.3. The summed E-state index contributed by atoms with van der Waals surface area (Å²) in [6.07, 6.45) is -2.92. The van der Waals surface area contributed by atoms with Crippen LogP contribution in [0.1, 0.15) is 17.5 Å². The molecule has 0 aliphatic rings. The summed E-state index contributed by atoms with van der Waals surface area (Å²) in [4.78, 5) is 0. The Morgan fingerprint density at radius 2 is 1.67 bits per heavy atom. The lowest BCUT2D eigenvalue weighted by molar-refractivity contribution is -0.137. The molecule has 21 heavy (non-hydrogen) atoms. The third kappa shape index (κ3) is 4.48. The molecule has 2 aromatic rings. The maximum absolute atomic E-state index is 13.6. The fraction of sp³-hybridized carbons (Fsp3) is 0.250. The Bertz CT molecular complexity index is 579. The van der Waals surface area contributed by atoms with Gasteiger partial charge in [0.05, 0.1) is 11.3 Å². The third-order valence-electron chi connectivity index (χ3n) is 3.10. The maximum atomic E-state index is 13.6. The van der Waals surface area contributed by atoms with E-state index in [0.29, 0.717) is 12.6 Å². The van der Waals surface area contributed by atoms with E-state index in [1.807, 2.05) is 30.3 Å². The lowest BCUT2D eigenvalue weighted by atomic mass is 10.1. The quantitative estimate of drug-likeness (QED) is 0.612. The fourth-order valence-electron chi connectivity index (χ4n) is 2.00. The first-order valence-corrected chi connectivity index (χ1v) is 6.61. The number of halogens is 4. The molecule has 1 nitrogen and oxygen atoms in total. The van der Waals surface area contributed by atoms with Crippen molar-refractivity contribution in [3.63, 3.8) is 0 Å². The summed E-state index contributed by atoms with van der Waals surface area (Å²) in [7, 11) is 0. The monoisotopic (exact) mass is 297 g/mol. The van der Waals surface area contributed by atoms with E-state index in [0.717, 1.165) is 25.0 Å². The average molecular weight is 297 g/mol. The Hall–Kier alpha value is -2.04. The van der Waals surface area contributed by atoms with Gasteiger partial charge >= 0.3 is 6.18 Å². The molecule has 0 saturated heterocycles. The largest absolute Gasteiger partial charge is 0.416 e. The van der Waals surface area contributed by atoms with Gasteiger partial charge in [-0.15, -0.1) is 0 Å². The number of anilines is 1. The second kappa shape index (κ2) is 6.61. The molecular formula is C16H15F4N. The molecule has 2 aromatic carbocycles. The molecule has 0 radical (unpaired) electrons. The van der Waals surface area contributed by atoms with E-state index >= 15 is 0 Å². The van der Waals surface area contributed by atoms with Crippen LogP contribution >= 0.6 is 0 Å². The summed E-state index contributed by atoms with van der Waals surface area (Å²) in [6, 6.07) is 12.3. The summed E-state index contributed by atoms with van der Waals surface area (Å²) in [5.74, 6) is -0.885. The Labute approximate surface area is 120 Å². The van der Waals surface area contributed by atoms with E-state index in [1.54, 1.807) is 0 Å². The average Bonchev–Trinajstić information content (AvgIpc) is 2.45. The van der Waals surface area contributed by atoms with Gasteiger partial charge in [-0.3, -0.25) is 0 Å². The number of rotatable bonds is 5. The van der Waals surface area contributed by atoms with Crippen LogP contribution in [0.4, 0.5) is 23.2 Å². The van der Waals surface area contributed by atoms with Gasteiger partial charge in [-0.2, -0.15) is 13.2 Å². The molecule has 112 valence electrons. The summed E-state index contributed by atoms with van der Waals surface area (Å²) < 4.78 is 50.8. The van der Waals surface area contributed by atoms with Crippen molar-refractivity contribution in [1.29, 1.82) is 0 Å². The standard InChI is InChI=1S/C16H15F4N/c17-14-11-13(16(18,19)20)8-9-15(14)21-10-4-7-12-5-2-1-3-6-12/h1-3,5-6,8-9,11,21H,4,7,10H2.